The fourth-order valence-corrected chi connectivity index (χ4v) is 2.08. The van der Waals surface area contributed by atoms with Gasteiger partial charge in [0.15, 0.2) is 0 Å². The van der Waals surface area contributed by atoms with Crippen LogP contribution in [0.3, 0.4) is 0 Å². The molecule has 1 unspecified atom stereocenters. The zero-order chi connectivity index (χ0) is 11.6. The lowest BCUT2D eigenvalue weighted by Crippen LogP contribution is -2.38. The average molecular weight is 229 g/mol. The van der Waals surface area contributed by atoms with Gasteiger partial charge < -0.3 is 9.64 Å². The number of ether oxygens (including phenoxy) is 1. The van der Waals surface area contributed by atoms with Crippen molar-refractivity contribution in [1.29, 1.82) is 0 Å². The van der Waals surface area contributed by atoms with Crippen molar-refractivity contribution in [2.75, 3.05) is 26.4 Å². The van der Waals surface area contributed by atoms with Crippen LogP contribution in [0.25, 0.3) is 0 Å². The van der Waals surface area contributed by atoms with Crippen LogP contribution < -0.4 is 0 Å². The van der Waals surface area contributed by atoms with E-state index >= 15 is 0 Å². The minimum atomic E-state index is -0.499. The Morgan fingerprint density at radius 1 is 1.56 bits per heavy atom. The van der Waals surface area contributed by atoms with Crippen LogP contribution in [-0.4, -0.2) is 43.3 Å². The summed E-state index contributed by atoms with van der Waals surface area (Å²) in [5.41, 5.74) is 0.232. The van der Waals surface area contributed by atoms with Gasteiger partial charge >= 0.3 is 0 Å². The van der Waals surface area contributed by atoms with Crippen LogP contribution in [0, 0.1) is 5.41 Å². The maximum absolute atomic E-state index is 12.6. The van der Waals surface area contributed by atoms with Gasteiger partial charge in [0.2, 0.25) is 5.91 Å². The summed E-state index contributed by atoms with van der Waals surface area (Å²) in [6, 6.07) is 0. The molecule has 3 nitrogen and oxygen atoms in total. The van der Waals surface area contributed by atoms with Crippen molar-refractivity contribution in [1.82, 2.24) is 4.90 Å². The number of carbonyl (C=O) groups is 1. The van der Waals surface area contributed by atoms with Crippen molar-refractivity contribution in [3.8, 4) is 0 Å². The van der Waals surface area contributed by atoms with Crippen LogP contribution in [0.2, 0.25) is 0 Å². The van der Waals surface area contributed by atoms with Crippen LogP contribution in [-0.2, 0) is 9.53 Å². The molecular formula is C12H20FNO2. The number of halogens is 1. The predicted octanol–water partition coefficient (Wildman–Crippen LogP) is 1.76. The summed E-state index contributed by atoms with van der Waals surface area (Å²) in [5.74, 6) is 0.170. The molecule has 1 aliphatic heterocycles. The Morgan fingerprint density at radius 3 is 2.94 bits per heavy atom. The van der Waals surface area contributed by atoms with E-state index in [0.29, 0.717) is 26.1 Å². The van der Waals surface area contributed by atoms with Gasteiger partial charge in [-0.25, -0.2) is 4.39 Å². The number of rotatable bonds is 3. The fourth-order valence-electron chi connectivity index (χ4n) is 2.08. The van der Waals surface area contributed by atoms with E-state index in [0.717, 1.165) is 19.3 Å². The van der Waals surface area contributed by atoms with Gasteiger partial charge in [-0.05, 0) is 24.7 Å². The van der Waals surface area contributed by atoms with Gasteiger partial charge in [0.1, 0.15) is 12.8 Å². The van der Waals surface area contributed by atoms with E-state index in [1.807, 2.05) is 0 Å². The molecule has 4 heteroatoms. The molecule has 1 saturated heterocycles. The van der Waals surface area contributed by atoms with E-state index < -0.39 is 12.8 Å². The third-order valence-electron chi connectivity index (χ3n) is 3.56. The van der Waals surface area contributed by atoms with Crippen LogP contribution in [0.4, 0.5) is 4.39 Å². The zero-order valence-electron chi connectivity index (χ0n) is 9.88. The molecule has 1 amide bonds. The number of hydrogen-bond donors (Lipinski definition) is 0. The van der Waals surface area contributed by atoms with Crippen molar-refractivity contribution < 1.29 is 13.9 Å². The summed E-state index contributed by atoms with van der Waals surface area (Å²) >= 11 is 0. The molecular weight excluding hydrogens is 209 g/mol. The molecule has 2 rings (SSSR count). The highest BCUT2D eigenvalue weighted by Gasteiger charge is 2.40. The Balaban J connectivity index is 1.88. The molecule has 0 aromatic heterocycles. The number of alkyl halides is 1. The van der Waals surface area contributed by atoms with Gasteiger partial charge in [-0.2, -0.15) is 0 Å². The van der Waals surface area contributed by atoms with Crippen molar-refractivity contribution in [2.24, 2.45) is 5.41 Å². The molecule has 2 fully saturated rings. The monoisotopic (exact) mass is 229 g/mol. The van der Waals surface area contributed by atoms with Gasteiger partial charge in [-0.15, -0.1) is 0 Å². The standard InChI is InChI=1S/C12H20FNO2/c1-12(3-4-12)7-11(15)14-5-2-6-16-10(8-13)9-14/h10H,2-9H2,1H3. The molecule has 92 valence electrons. The first kappa shape index (κ1) is 11.8. The Morgan fingerprint density at radius 2 is 2.31 bits per heavy atom. The Bertz CT molecular complexity index is 266. The summed E-state index contributed by atoms with van der Waals surface area (Å²) < 4.78 is 17.9. The largest absolute Gasteiger partial charge is 0.374 e. The fraction of sp³-hybridized carbons (Fsp3) is 0.917. The second-order valence-corrected chi connectivity index (χ2v) is 5.33. The second kappa shape index (κ2) is 4.70. The smallest absolute Gasteiger partial charge is 0.223 e. The van der Waals surface area contributed by atoms with E-state index in [4.69, 9.17) is 4.74 Å². The lowest BCUT2D eigenvalue weighted by atomic mass is 10.0. The number of nitrogens with zero attached hydrogens (tertiary/aromatic N) is 1. The highest BCUT2D eigenvalue weighted by Crippen LogP contribution is 2.48. The SMILES string of the molecule is CC1(CC(=O)N2CCCOC(CF)C2)CC1. The number of amides is 1. The molecule has 0 bridgehead atoms. The number of carbonyl (C=O) groups excluding carboxylic acids is 1. The first-order valence-electron chi connectivity index (χ1n) is 6.08. The quantitative estimate of drug-likeness (QED) is 0.738. The first-order chi connectivity index (χ1) is 7.63. The zero-order valence-corrected chi connectivity index (χ0v) is 9.88. The molecule has 2 aliphatic rings. The van der Waals surface area contributed by atoms with Gasteiger partial charge in [-0.3, -0.25) is 4.79 Å². The van der Waals surface area contributed by atoms with Gasteiger partial charge in [0.05, 0.1) is 0 Å². The highest BCUT2D eigenvalue weighted by molar-refractivity contribution is 5.77. The Kier molecular flexibility index (Phi) is 3.47. The predicted molar refractivity (Wildman–Crippen MR) is 58.9 cm³/mol. The van der Waals surface area contributed by atoms with Gasteiger partial charge in [-0.1, -0.05) is 6.92 Å². The normalized spacial score (nSPS) is 28.6. The highest BCUT2D eigenvalue weighted by atomic mass is 19.1. The lowest BCUT2D eigenvalue weighted by Gasteiger charge is -2.24. The summed E-state index contributed by atoms with van der Waals surface area (Å²) in [7, 11) is 0. The number of hydrogen-bond acceptors (Lipinski definition) is 2. The molecule has 0 spiro atoms. The summed E-state index contributed by atoms with van der Waals surface area (Å²) in [4.78, 5) is 13.8. The molecule has 0 aromatic rings. The van der Waals surface area contributed by atoms with Gasteiger partial charge in [0.25, 0.3) is 0 Å². The Labute approximate surface area is 95.9 Å². The minimum Gasteiger partial charge on any atom is -0.374 e. The molecule has 1 aliphatic carbocycles. The molecule has 0 aromatic carbocycles. The topological polar surface area (TPSA) is 29.5 Å². The van der Waals surface area contributed by atoms with Crippen LogP contribution >= 0.6 is 0 Å². The van der Waals surface area contributed by atoms with Gasteiger partial charge in [0, 0.05) is 26.1 Å². The van der Waals surface area contributed by atoms with E-state index in [9.17, 15) is 9.18 Å². The minimum absolute atomic E-state index is 0.170. The summed E-state index contributed by atoms with van der Waals surface area (Å²) in [6.45, 7) is 3.35. The van der Waals surface area contributed by atoms with Crippen molar-refractivity contribution >= 4 is 5.91 Å². The third-order valence-corrected chi connectivity index (χ3v) is 3.56. The first-order valence-corrected chi connectivity index (χ1v) is 6.08. The third kappa shape index (κ3) is 2.94. The van der Waals surface area contributed by atoms with E-state index in [-0.39, 0.29) is 11.3 Å². The maximum atomic E-state index is 12.6. The van der Waals surface area contributed by atoms with Crippen LogP contribution in [0.5, 0.6) is 0 Å². The van der Waals surface area contributed by atoms with Crippen molar-refractivity contribution in [2.45, 2.75) is 38.7 Å². The molecule has 1 atom stereocenters. The van der Waals surface area contributed by atoms with Crippen LogP contribution in [0.1, 0.15) is 32.6 Å². The summed E-state index contributed by atoms with van der Waals surface area (Å²) in [5, 5.41) is 0. The van der Waals surface area contributed by atoms with Crippen molar-refractivity contribution in [3.05, 3.63) is 0 Å². The van der Waals surface area contributed by atoms with E-state index in [1.54, 1.807) is 4.90 Å². The lowest BCUT2D eigenvalue weighted by molar-refractivity contribution is -0.133. The summed E-state index contributed by atoms with van der Waals surface area (Å²) in [6.07, 6.45) is 3.31. The molecule has 1 heterocycles. The van der Waals surface area contributed by atoms with Crippen LogP contribution in [0.15, 0.2) is 0 Å². The Hall–Kier alpha value is -0.640. The van der Waals surface area contributed by atoms with E-state index in [1.165, 1.54) is 0 Å². The molecule has 1 saturated carbocycles. The molecule has 0 radical (unpaired) electrons. The maximum Gasteiger partial charge on any atom is 0.223 e. The second-order valence-electron chi connectivity index (χ2n) is 5.33. The molecule has 0 N–H and O–H groups in total. The van der Waals surface area contributed by atoms with Crippen molar-refractivity contribution in [3.63, 3.8) is 0 Å². The van der Waals surface area contributed by atoms with E-state index in [2.05, 4.69) is 6.92 Å². The molecule has 16 heavy (non-hydrogen) atoms. The average Bonchev–Trinajstić information content (AvgIpc) is 3.01.